The molecule has 0 spiro atoms. The second-order valence-corrected chi connectivity index (χ2v) is 6.02. The van der Waals surface area contributed by atoms with Crippen LogP contribution >= 0.6 is 27.5 Å². The Kier molecular flexibility index (Phi) is 5.25. The second-order valence-electron chi connectivity index (χ2n) is 4.70. The van der Waals surface area contributed by atoms with Crippen molar-refractivity contribution in [3.05, 3.63) is 33.3 Å². The Bertz CT molecular complexity index is 461. The molecule has 1 aliphatic heterocycles. The van der Waals surface area contributed by atoms with Crippen molar-refractivity contribution in [2.75, 3.05) is 19.6 Å². The lowest BCUT2D eigenvalue weighted by Gasteiger charge is -2.34. The lowest BCUT2D eigenvalue weighted by Crippen LogP contribution is -2.46. The van der Waals surface area contributed by atoms with E-state index in [4.69, 9.17) is 11.6 Å². The molecule has 5 heteroatoms. The van der Waals surface area contributed by atoms with Crippen molar-refractivity contribution in [2.24, 2.45) is 0 Å². The molecule has 0 aromatic heterocycles. The molecule has 1 N–H and O–H groups in total. The molecule has 0 radical (unpaired) electrons. The Hall–Kier alpha value is -0.580. The molecule has 0 saturated carbocycles. The van der Waals surface area contributed by atoms with Crippen molar-refractivity contribution >= 4 is 33.4 Å². The predicted molar refractivity (Wildman–Crippen MR) is 81.8 cm³/mol. The third-order valence-corrected chi connectivity index (χ3v) is 4.32. The molecular formula is C14H18BrClN2O. The molecule has 0 bridgehead atoms. The zero-order chi connectivity index (χ0) is 13.8. The van der Waals surface area contributed by atoms with Crippen LogP contribution in [-0.2, 0) is 0 Å². The summed E-state index contributed by atoms with van der Waals surface area (Å²) in [4.78, 5) is 14.6. The van der Waals surface area contributed by atoms with Crippen LogP contribution in [0, 0.1) is 0 Å². The topological polar surface area (TPSA) is 32.3 Å². The molecule has 2 rings (SSSR count). The maximum absolute atomic E-state index is 12.6. The monoisotopic (exact) mass is 344 g/mol. The minimum Gasteiger partial charge on any atom is -0.336 e. The number of nitrogens with one attached hydrogen (secondary N) is 1. The van der Waals surface area contributed by atoms with Gasteiger partial charge in [0.25, 0.3) is 5.91 Å². The quantitative estimate of drug-likeness (QED) is 0.911. The molecule has 1 fully saturated rings. The van der Waals surface area contributed by atoms with Crippen LogP contribution in [0.4, 0.5) is 0 Å². The lowest BCUT2D eigenvalue weighted by atomic mass is 10.0. The fourth-order valence-electron chi connectivity index (χ4n) is 2.50. The van der Waals surface area contributed by atoms with Crippen LogP contribution in [0.1, 0.15) is 30.1 Å². The highest BCUT2D eigenvalue weighted by molar-refractivity contribution is 9.10. The Labute approximate surface area is 127 Å². The smallest absolute Gasteiger partial charge is 0.255 e. The van der Waals surface area contributed by atoms with Gasteiger partial charge in [0.15, 0.2) is 0 Å². The van der Waals surface area contributed by atoms with Gasteiger partial charge in [-0.3, -0.25) is 4.79 Å². The first kappa shape index (κ1) is 14.8. The molecule has 1 heterocycles. The van der Waals surface area contributed by atoms with Gasteiger partial charge in [-0.25, -0.2) is 0 Å². The number of hydrogen-bond donors (Lipinski definition) is 1. The third kappa shape index (κ3) is 3.50. The lowest BCUT2D eigenvalue weighted by molar-refractivity contribution is 0.0656. The Morgan fingerprint density at radius 2 is 2.16 bits per heavy atom. The molecule has 1 saturated heterocycles. The number of hydrogen-bond acceptors (Lipinski definition) is 2. The first-order chi connectivity index (χ1) is 9.13. The van der Waals surface area contributed by atoms with Gasteiger partial charge in [0, 0.05) is 17.1 Å². The van der Waals surface area contributed by atoms with Crippen molar-refractivity contribution in [3.63, 3.8) is 0 Å². The highest BCUT2D eigenvalue weighted by Crippen LogP contribution is 2.24. The van der Waals surface area contributed by atoms with E-state index >= 15 is 0 Å². The summed E-state index contributed by atoms with van der Waals surface area (Å²) in [5.74, 6) is 0.0342. The normalized spacial score (nSPS) is 16.4. The molecule has 0 aliphatic carbocycles. The number of carbonyl (C=O) groups excluding carboxylic acids is 1. The van der Waals surface area contributed by atoms with Gasteiger partial charge in [-0.15, -0.1) is 0 Å². The minimum absolute atomic E-state index is 0.0342. The number of halogens is 2. The summed E-state index contributed by atoms with van der Waals surface area (Å²) in [7, 11) is 0. The molecule has 0 unspecified atom stereocenters. The number of piperidine rings is 1. The van der Waals surface area contributed by atoms with Crippen LogP contribution in [0.2, 0.25) is 5.02 Å². The number of benzene rings is 1. The van der Waals surface area contributed by atoms with Gasteiger partial charge in [0.1, 0.15) is 0 Å². The van der Waals surface area contributed by atoms with E-state index in [1.807, 2.05) is 17.9 Å². The highest BCUT2D eigenvalue weighted by Gasteiger charge is 2.26. The van der Waals surface area contributed by atoms with Gasteiger partial charge in [-0.2, -0.15) is 0 Å². The van der Waals surface area contributed by atoms with Crippen LogP contribution < -0.4 is 5.32 Å². The van der Waals surface area contributed by atoms with E-state index < -0.39 is 0 Å². The molecule has 19 heavy (non-hydrogen) atoms. The fraction of sp³-hybridized carbons (Fsp3) is 0.500. The molecule has 0 atom stereocenters. The van der Waals surface area contributed by atoms with Gasteiger partial charge in [0.05, 0.1) is 10.6 Å². The maximum Gasteiger partial charge on any atom is 0.255 e. The molecule has 104 valence electrons. The Balaban J connectivity index is 2.19. The summed E-state index contributed by atoms with van der Waals surface area (Å²) in [5, 5.41) is 3.83. The van der Waals surface area contributed by atoms with E-state index in [-0.39, 0.29) is 5.91 Å². The van der Waals surface area contributed by atoms with E-state index in [1.165, 1.54) is 0 Å². The van der Waals surface area contributed by atoms with E-state index in [0.29, 0.717) is 16.6 Å². The molecule has 1 aliphatic rings. The molecule has 1 aromatic carbocycles. The van der Waals surface area contributed by atoms with E-state index in [0.717, 1.165) is 36.9 Å². The van der Waals surface area contributed by atoms with Gasteiger partial charge >= 0.3 is 0 Å². The fourth-order valence-corrected chi connectivity index (χ4v) is 3.26. The van der Waals surface area contributed by atoms with Gasteiger partial charge < -0.3 is 10.2 Å². The number of rotatable bonds is 3. The summed E-state index contributed by atoms with van der Waals surface area (Å²) >= 11 is 9.53. The minimum atomic E-state index is 0.0342. The zero-order valence-corrected chi connectivity index (χ0v) is 13.3. The molecule has 1 aromatic rings. The zero-order valence-electron chi connectivity index (χ0n) is 11.0. The third-order valence-electron chi connectivity index (χ3n) is 3.51. The van der Waals surface area contributed by atoms with Crippen LogP contribution in [0.15, 0.2) is 22.7 Å². The Morgan fingerprint density at radius 1 is 1.47 bits per heavy atom. The van der Waals surface area contributed by atoms with Crippen molar-refractivity contribution in [3.8, 4) is 0 Å². The van der Waals surface area contributed by atoms with Crippen molar-refractivity contribution in [1.82, 2.24) is 10.2 Å². The second kappa shape index (κ2) is 6.73. The van der Waals surface area contributed by atoms with Crippen molar-refractivity contribution < 1.29 is 4.79 Å². The van der Waals surface area contributed by atoms with Gasteiger partial charge in [-0.1, -0.05) is 27.5 Å². The average Bonchev–Trinajstić information content (AvgIpc) is 2.40. The van der Waals surface area contributed by atoms with Crippen LogP contribution in [-0.4, -0.2) is 36.5 Å². The van der Waals surface area contributed by atoms with Crippen molar-refractivity contribution in [2.45, 2.75) is 25.8 Å². The summed E-state index contributed by atoms with van der Waals surface area (Å²) in [6.07, 6.45) is 2.02. The van der Waals surface area contributed by atoms with Gasteiger partial charge in [0.2, 0.25) is 0 Å². The molecule has 1 amide bonds. The van der Waals surface area contributed by atoms with E-state index in [9.17, 15) is 4.79 Å². The number of carbonyl (C=O) groups is 1. The van der Waals surface area contributed by atoms with E-state index in [2.05, 4.69) is 21.2 Å². The highest BCUT2D eigenvalue weighted by atomic mass is 79.9. The summed E-state index contributed by atoms with van der Waals surface area (Å²) < 4.78 is 0.888. The van der Waals surface area contributed by atoms with Crippen LogP contribution in [0.5, 0.6) is 0 Å². The maximum atomic E-state index is 12.6. The first-order valence-corrected chi connectivity index (χ1v) is 7.77. The number of amides is 1. The van der Waals surface area contributed by atoms with E-state index in [1.54, 1.807) is 12.1 Å². The standard InChI is InChI=1S/C14H18BrClN2O/c1-2-18(11-5-7-17-8-6-11)14(19)12-4-3-10(15)9-13(12)16/h3-4,9,11,17H,2,5-8H2,1H3. The SMILES string of the molecule is CCN(C(=O)c1ccc(Br)cc1Cl)C1CCNCC1. The average molecular weight is 346 g/mol. The first-order valence-electron chi connectivity index (χ1n) is 6.60. The number of nitrogens with zero attached hydrogens (tertiary/aromatic N) is 1. The summed E-state index contributed by atoms with van der Waals surface area (Å²) in [6.45, 7) is 4.69. The van der Waals surface area contributed by atoms with Crippen molar-refractivity contribution in [1.29, 1.82) is 0 Å². The van der Waals surface area contributed by atoms with Crippen LogP contribution in [0.3, 0.4) is 0 Å². The molecule has 3 nitrogen and oxygen atoms in total. The predicted octanol–water partition coefficient (Wildman–Crippen LogP) is 3.32. The van der Waals surface area contributed by atoms with Crippen LogP contribution in [0.25, 0.3) is 0 Å². The molecular weight excluding hydrogens is 328 g/mol. The Morgan fingerprint density at radius 3 is 2.74 bits per heavy atom. The largest absolute Gasteiger partial charge is 0.336 e. The van der Waals surface area contributed by atoms with Gasteiger partial charge in [-0.05, 0) is 51.1 Å². The summed E-state index contributed by atoms with van der Waals surface area (Å²) in [5.41, 5.74) is 0.588. The summed E-state index contributed by atoms with van der Waals surface area (Å²) in [6, 6.07) is 5.73.